The van der Waals surface area contributed by atoms with E-state index in [2.05, 4.69) is 41.2 Å². The topological polar surface area (TPSA) is 58.6 Å². The van der Waals surface area contributed by atoms with Crippen molar-refractivity contribution in [2.75, 3.05) is 0 Å². The van der Waals surface area contributed by atoms with E-state index in [1.807, 2.05) is 12.1 Å². The Morgan fingerprint density at radius 3 is 2.53 bits per heavy atom. The maximum atomic E-state index is 11.8. The second kappa shape index (κ2) is 4.91. The summed E-state index contributed by atoms with van der Waals surface area (Å²) >= 11 is 0. The van der Waals surface area contributed by atoms with Crippen LogP contribution in [0, 0.1) is 0 Å². The van der Waals surface area contributed by atoms with Gasteiger partial charge in [0.1, 0.15) is 6.33 Å². The molecule has 0 saturated heterocycles. The van der Waals surface area contributed by atoms with Gasteiger partial charge in [0.2, 0.25) is 5.78 Å². The van der Waals surface area contributed by atoms with Crippen LogP contribution in [0.4, 0.5) is 0 Å². The molecule has 88 valence electrons. The van der Waals surface area contributed by atoms with Crippen molar-refractivity contribution in [3.63, 3.8) is 0 Å². The van der Waals surface area contributed by atoms with Gasteiger partial charge in [-0.2, -0.15) is 5.10 Å². The van der Waals surface area contributed by atoms with Gasteiger partial charge in [-0.15, -0.1) is 0 Å². The average Bonchev–Trinajstić information content (AvgIpc) is 2.83. The highest BCUT2D eigenvalue weighted by Gasteiger charge is 2.09. The number of ketones is 1. The highest BCUT2D eigenvalue weighted by atomic mass is 16.1. The first-order valence-corrected chi connectivity index (χ1v) is 5.64. The Bertz CT molecular complexity index is 486. The molecular weight excluding hydrogens is 214 g/mol. The summed E-state index contributed by atoms with van der Waals surface area (Å²) in [4.78, 5) is 15.6. The van der Waals surface area contributed by atoms with Crippen molar-refractivity contribution in [3.05, 3.63) is 47.5 Å². The molecule has 17 heavy (non-hydrogen) atoms. The number of carbonyl (C=O) groups excluding carboxylic acids is 1. The maximum Gasteiger partial charge on any atom is 0.203 e. The molecule has 1 aromatic carbocycles. The van der Waals surface area contributed by atoms with Crippen molar-refractivity contribution in [3.8, 4) is 0 Å². The van der Waals surface area contributed by atoms with Crippen LogP contribution in [0.15, 0.2) is 30.6 Å². The molecular formula is C13H15N3O. The number of nitrogens with zero attached hydrogens (tertiary/aromatic N) is 2. The molecule has 0 aliphatic rings. The zero-order chi connectivity index (χ0) is 12.3. The highest BCUT2D eigenvalue weighted by Crippen LogP contribution is 2.15. The van der Waals surface area contributed by atoms with E-state index < -0.39 is 0 Å². The monoisotopic (exact) mass is 229 g/mol. The lowest BCUT2D eigenvalue weighted by Gasteiger charge is -2.05. The molecule has 0 fully saturated rings. The minimum atomic E-state index is -0.0419. The SMILES string of the molecule is CC(C)c1ccc(CC(=O)c2ncn[nH]2)cc1. The summed E-state index contributed by atoms with van der Waals surface area (Å²) in [6.45, 7) is 4.29. The Kier molecular flexibility index (Phi) is 3.32. The number of nitrogens with one attached hydrogen (secondary N) is 1. The number of Topliss-reactive ketones (excluding diaryl/α,β-unsaturated/α-hetero) is 1. The Morgan fingerprint density at radius 2 is 2.00 bits per heavy atom. The van der Waals surface area contributed by atoms with E-state index in [0.717, 1.165) is 5.56 Å². The second-order valence-electron chi connectivity index (χ2n) is 4.33. The van der Waals surface area contributed by atoms with Crippen LogP contribution >= 0.6 is 0 Å². The molecule has 2 rings (SSSR count). The van der Waals surface area contributed by atoms with Crippen molar-refractivity contribution in [1.29, 1.82) is 0 Å². The molecule has 2 aromatic rings. The first-order chi connectivity index (χ1) is 8.16. The van der Waals surface area contributed by atoms with Gasteiger partial charge < -0.3 is 0 Å². The van der Waals surface area contributed by atoms with Crippen molar-refractivity contribution >= 4 is 5.78 Å². The summed E-state index contributed by atoms with van der Waals surface area (Å²) in [5, 5.41) is 6.24. The van der Waals surface area contributed by atoms with Crippen LogP contribution in [0.2, 0.25) is 0 Å². The number of H-pyrrole nitrogens is 1. The zero-order valence-electron chi connectivity index (χ0n) is 9.97. The van der Waals surface area contributed by atoms with Crippen LogP contribution in [-0.4, -0.2) is 21.0 Å². The molecule has 0 spiro atoms. The van der Waals surface area contributed by atoms with Crippen LogP contribution in [0.3, 0.4) is 0 Å². The number of hydrogen-bond acceptors (Lipinski definition) is 3. The van der Waals surface area contributed by atoms with Crippen molar-refractivity contribution < 1.29 is 4.79 Å². The van der Waals surface area contributed by atoms with E-state index in [1.54, 1.807) is 0 Å². The smallest absolute Gasteiger partial charge is 0.203 e. The van der Waals surface area contributed by atoms with E-state index in [1.165, 1.54) is 11.9 Å². The van der Waals surface area contributed by atoms with Gasteiger partial charge in [0.25, 0.3) is 0 Å². The third-order valence-corrected chi connectivity index (χ3v) is 2.69. The summed E-state index contributed by atoms with van der Waals surface area (Å²) in [5.74, 6) is 0.784. The third-order valence-electron chi connectivity index (χ3n) is 2.69. The van der Waals surface area contributed by atoms with Crippen LogP contribution in [0.5, 0.6) is 0 Å². The Labute approximate surface area is 100 Å². The van der Waals surface area contributed by atoms with E-state index in [9.17, 15) is 4.79 Å². The number of aromatic amines is 1. The van der Waals surface area contributed by atoms with E-state index >= 15 is 0 Å². The summed E-state index contributed by atoms with van der Waals surface area (Å²) in [6, 6.07) is 8.11. The lowest BCUT2D eigenvalue weighted by Crippen LogP contribution is -2.05. The molecule has 0 bridgehead atoms. The predicted molar refractivity (Wildman–Crippen MR) is 64.9 cm³/mol. The lowest BCUT2D eigenvalue weighted by atomic mass is 10.00. The van der Waals surface area contributed by atoms with Gasteiger partial charge in [-0.3, -0.25) is 9.89 Å². The number of hydrogen-bond donors (Lipinski definition) is 1. The first kappa shape index (κ1) is 11.5. The Balaban J connectivity index is 2.07. The van der Waals surface area contributed by atoms with Crippen LogP contribution < -0.4 is 0 Å². The molecule has 0 radical (unpaired) electrons. The molecule has 0 amide bonds. The van der Waals surface area contributed by atoms with Gasteiger partial charge in [-0.1, -0.05) is 38.1 Å². The number of carbonyl (C=O) groups is 1. The van der Waals surface area contributed by atoms with Crippen LogP contribution in [0.25, 0.3) is 0 Å². The second-order valence-corrected chi connectivity index (χ2v) is 4.33. The van der Waals surface area contributed by atoms with Gasteiger partial charge in [0.05, 0.1) is 0 Å². The van der Waals surface area contributed by atoms with Crippen molar-refractivity contribution in [2.45, 2.75) is 26.2 Å². The summed E-state index contributed by atoms with van der Waals surface area (Å²) in [7, 11) is 0. The fourth-order valence-electron chi connectivity index (χ4n) is 1.63. The molecule has 4 heteroatoms. The van der Waals surface area contributed by atoms with Crippen molar-refractivity contribution in [1.82, 2.24) is 15.2 Å². The largest absolute Gasteiger partial charge is 0.290 e. The van der Waals surface area contributed by atoms with Gasteiger partial charge in [-0.05, 0) is 17.0 Å². The molecule has 0 aliphatic heterocycles. The third kappa shape index (κ3) is 2.78. The summed E-state index contributed by atoms with van der Waals surface area (Å²) < 4.78 is 0. The molecule has 4 nitrogen and oxygen atoms in total. The average molecular weight is 229 g/mol. The fourth-order valence-corrected chi connectivity index (χ4v) is 1.63. The van der Waals surface area contributed by atoms with Gasteiger partial charge >= 0.3 is 0 Å². The minimum Gasteiger partial charge on any atom is -0.290 e. The van der Waals surface area contributed by atoms with Gasteiger partial charge in [0.15, 0.2) is 5.82 Å². The quantitative estimate of drug-likeness (QED) is 0.819. The normalized spacial score (nSPS) is 10.8. The molecule has 0 atom stereocenters. The Morgan fingerprint density at radius 1 is 1.29 bits per heavy atom. The fraction of sp³-hybridized carbons (Fsp3) is 0.308. The number of rotatable bonds is 4. The molecule has 1 aromatic heterocycles. The van der Waals surface area contributed by atoms with E-state index in [4.69, 9.17) is 0 Å². The highest BCUT2D eigenvalue weighted by molar-refractivity contribution is 5.93. The van der Waals surface area contributed by atoms with E-state index in [0.29, 0.717) is 18.2 Å². The molecule has 0 aliphatic carbocycles. The molecule has 1 heterocycles. The van der Waals surface area contributed by atoms with Gasteiger partial charge in [0, 0.05) is 6.42 Å². The first-order valence-electron chi connectivity index (χ1n) is 5.64. The number of aromatic nitrogens is 3. The molecule has 1 N–H and O–H groups in total. The Hall–Kier alpha value is -1.97. The standard InChI is InChI=1S/C13H15N3O/c1-9(2)11-5-3-10(4-6-11)7-12(17)13-14-8-15-16-13/h3-6,8-9H,7H2,1-2H3,(H,14,15,16). The minimum absolute atomic E-state index is 0.0419. The summed E-state index contributed by atoms with van der Waals surface area (Å²) in [5.41, 5.74) is 2.27. The van der Waals surface area contributed by atoms with Crippen molar-refractivity contribution in [2.24, 2.45) is 0 Å². The van der Waals surface area contributed by atoms with Crippen LogP contribution in [0.1, 0.15) is 41.5 Å². The molecule has 0 saturated carbocycles. The lowest BCUT2D eigenvalue weighted by molar-refractivity contribution is 0.0983. The van der Waals surface area contributed by atoms with E-state index in [-0.39, 0.29) is 5.78 Å². The summed E-state index contributed by atoms with van der Waals surface area (Å²) in [6.07, 6.45) is 1.70. The predicted octanol–water partition coefficient (Wildman–Crippen LogP) is 2.35. The molecule has 0 unspecified atom stereocenters. The maximum absolute atomic E-state index is 11.8. The van der Waals surface area contributed by atoms with Crippen LogP contribution in [-0.2, 0) is 6.42 Å². The number of benzene rings is 1. The van der Waals surface area contributed by atoms with Gasteiger partial charge in [-0.25, -0.2) is 4.98 Å². The zero-order valence-corrected chi connectivity index (χ0v) is 9.97.